The number of carbonyl (C=O) groups is 1. The normalized spacial score (nSPS) is 17.5. The van der Waals surface area contributed by atoms with Crippen molar-refractivity contribution < 1.29 is 14.6 Å². The molecule has 0 aromatic heterocycles. The minimum atomic E-state index is -0.446. The summed E-state index contributed by atoms with van der Waals surface area (Å²) < 4.78 is 5.12. The Balaban J connectivity index is 2.14. The molecule has 1 aromatic carbocycles. The highest BCUT2D eigenvalue weighted by Gasteiger charge is 2.15. The van der Waals surface area contributed by atoms with Gasteiger partial charge in [0, 0.05) is 6.08 Å². The number of hydrogen-bond acceptors (Lipinski definition) is 3. The topological polar surface area (TPSA) is 46.5 Å². The Morgan fingerprint density at radius 1 is 1.43 bits per heavy atom. The minimum absolute atomic E-state index is 0.0567. The van der Waals surface area contributed by atoms with Crippen molar-refractivity contribution in [2.24, 2.45) is 5.92 Å². The van der Waals surface area contributed by atoms with Gasteiger partial charge in [-0.05, 0) is 53.5 Å². The van der Waals surface area contributed by atoms with Crippen molar-refractivity contribution in [3.8, 4) is 0 Å². The zero-order valence-corrected chi connectivity index (χ0v) is 13.9. The monoisotopic (exact) mass is 314 g/mol. The van der Waals surface area contributed by atoms with E-state index >= 15 is 0 Å². The summed E-state index contributed by atoms with van der Waals surface area (Å²) in [7, 11) is 0. The van der Waals surface area contributed by atoms with Crippen molar-refractivity contribution in [3.05, 3.63) is 53.6 Å². The van der Waals surface area contributed by atoms with Crippen molar-refractivity contribution in [1.82, 2.24) is 0 Å². The molecule has 1 unspecified atom stereocenters. The summed E-state index contributed by atoms with van der Waals surface area (Å²) in [6.07, 6.45) is 9.52. The lowest BCUT2D eigenvalue weighted by Gasteiger charge is -2.22. The van der Waals surface area contributed by atoms with Gasteiger partial charge < -0.3 is 9.84 Å². The quantitative estimate of drug-likeness (QED) is 0.599. The van der Waals surface area contributed by atoms with Crippen molar-refractivity contribution in [3.63, 3.8) is 0 Å². The second kappa shape index (κ2) is 8.68. The van der Waals surface area contributed by atoms with Crippen molar-refractivity contribution >= 4 is 11.5 Å². The number of ether oxygens (including phenoxy) is 1. The molecule has 3 heteroatoms. The van der Waals surface area contributed by atoms with Crippen LogP contribution in [0.4, 0.5) is 0 Å². The van der Waals surface area contributed by atoms with Crippen LogP contribution in [0.1, 0.15) is 55.7 Å². The van der Waals surface area contributed by atoms with Crippen LogP contribution in [0.5, 0.6) is 0 Å². The average Bonchev–Trinajstić information content (AvgIpc) is 2.60. The van der Waals surface area contributed by atoms with Crippen LogP contribution >= 0.6 is 0 Å². The summed E-state index contributed by atoms with van der Waals surface area (Å²) in [5.74, 6) is 0.368. The molecule has 1 aliphatic carbocycles. The average molecular weight is 314 g/mol. The summed E-state index contributed by atoms with van der Waals surface area (Å²) in [6, 6.07) is 6.01. The molecule has 0 heterocycles. The van der Waals surface area contributed by atoms with Gasteiger partial charge in [-0.25, -0.2) is 4.79 Å². The first-order valence-electron chi connectivity index (χ1n) is 8.39. The van der Waals surface area contributed by atoms with Gasteiger partial charge in [-0.2, -0.15) is 0 Å². The maximum Gasteiger partial charge on any atom is 0.330 e. The third-order valence-electron chi connectivity index (χ3n) is 4.50. The molecule has 0 saturated carbocycles. The van der Waals surface area contributed by atoms with Gasteiger partial charge in [-0.15, -0.1) is 0 Å². The Labute approximate surface area is 138 Å². The lowest BCUT2D eigenvalue weighted by atomic mass is 9.84. The number of esters is 1. The van der Waals surface area contributed by atoms with E-state index in [1.165, 1.54) is 30.4 Å². The Kier molecular flexibility index (Phi) is 6.60. The van der Waals surface area contributed by atoms with Gasteiger partial charge >= 0.3 is 5.97 Å². The Morgan fingerprint density at radius 3 is 2.87 bits per heavy atom. The first-order chi connectivity index (χ1) is 11.2. The fraction of sp³-hybridized carbons (Fsp3) is 0.450. The molecule has 0 amide bonds. The Morgan fingerprint density at radius 2 is 2.26 bits per heavy atom. The molecule has 0 aliphatic heterocycles. The highest BCUT2D eigenvalue weighted by molar-refractivity contribution is 5.81. The Bertz CT molecular complexity index is 587. The molecule has 1 aliphatic rings. The maximum absolute atomic E-state index is 11.3. The van der Waals surface area contributed by atoms with E-state index in [2.05, 4.69) is 25.6 Å². The molecule has 0 radical (unpaired) electrons. The van der Waals surface area contributed by atoms with E-state index in [9.17, 15) is 9.90 Å². The molecule has 0 spiro atoms. The first-order valence-corrected chi connectivity index (χ1v) is 8.39. The van der Waals surface area contributed by atoms with Gasteiger partial charge in [-0.3, -0.25) is 0 Å². The summed E-state index contributed by atoms with van der Waals surface area (Å²) in [4.78, 5) is 11.3. The number of aliphatic hydroxyl groups is 1. The van der Waals surface area contributed by atoms with E-state index in [-0.39, 0.29) is 13.2 Å². The summed E-state index contributed by atoms with van der Waals surface area (Å²) >= 11 is 0. The first kappa shape index (κ1) is 17.5. The molecule has 1 N–H and O–H groups in total. The second-order valence-electron chi connectivity index (χ2n) is 6.11. The number of hydrogen-bond donors (Lipinski definition) is 1. The highest BCUT2D eigenvalue weighted by Crippen LogP contribution is 2.33. The number of benzene rings is 1. The number of carbonyl (C=O) groups excluding carboxylic acids is 1. The maximum atomic E-state index is 11.3. The van der Waals surface area contributed by atoms with E-state index in [0.717, 1.165) is 36.0 Å². The van der Waals surface area contributed by atoms with Crippen LogP contribution in [0.2, 0.25) is 0 Å². The largest absolute Gasteiger partial charge is 0.458 e. The van der Waals surface area contributed by atoms with Crippen molar-refractivity contribution in [2.75, 3.05) is 0 Å². The van der Waals surface area contributed by atoms with E-state index in [1.807, 2.05) is 12.1 Å². The van der Waals surface area contributed by atoms with Crippen molar-refractivity contribution in [2.45, 2.75) is 52.2 Å². The van der Waals surface area contributed by atoms with E-state index in [0.29, 0.717) is 0 Å². The van der Waals surface area contributed by atoms with Crippen LogP contribution in [0, 0.1) is 5.92 Å². The van der Waals surface area contributed by atoms with Crippen LogP contribution in [0.3, 0.4) is 0 Å². The van der Waals surface area contributed by atoms with Gasteiger partial charge in [0.2, 0.25) is 0 Å². The van der Waals surface area contributed by atoms with E-state index in [1.54, 1.807) is 0 Å². The van der Waals surface area contributed by atoms with Crippen LogP contribution < -0.4 is 0 Å². The van der Waals surface area contributed by atoms with Gasteiger partial charge in [0.25, 0.3) is 0 Å². The van der Waals surface area contributed by atoms with E-state index < -0.39 is 5.97 Å². The fourth-order valence-electron chi connectivity index (χ4n) is 3.14. The predicted molar refractivity (Wildman–Crippen MR) is 92.6 cm³/mol. The summed E-state index contributed by atoms with van der Waals surface area (Å²) in [6.45, 7) is 5.75. The van der Waals surface area contributed by atoms with Gasteiger partial charge in [0.05, 0.1) is 6.61 Å². The molecule has 2 rings (SSSR count). The zero-order chi connectivity index (χ0) is 16.7. The molecule has 0 fully saturated rings. The van der Waals surface area contributed by atoms with Gasteiger partial charge in [0.1, 0.15) is 6.61 Å². The SMILES string of the molecule is C=CC(=O)OCc1cc(C2=CCC(CCC)CC2)ccc1CO. The van der Waals surface area contributed by atoms with Crippen LogP contribution in [-0.2, 0) is 22.7 Å². The minimum Gasteiger partial charge on any atom is -0.458 e. The highest BCUT2D eigenvalue weighted by atomic mass is 16.5. The number of aliphatic hydroxyl groups excluding tert-OH is 1. The third kappa shape index (κ3) is 4.80. The van der Waals surface area contributed by atoms with Crippen LogP contribution in [0.25, 0.3) is 5.57 Å². The van der Waals surface area contributed by atoms with Crippen LogP contribution in [-0.4, -0.2) is 11.1 Å². The lowest BCUT2D eigenvalue weighted by molar-refractivity contribution is -0.139. The van der Waals surface area contributed by atoms with E-state index in [4.69, 9.17) is 4.74 Å². The smallest absolute Gasteiger partial charge is 0.330 e. The third-order valence-corrected chi connectivity index (χ3v) is 4.50. The number of allylic oxidation sites excluding steroid dienone is 2. The summed E-state index contributed by atoms with van der Waals surface area (Å²) in [5.41, 5.74) is 4.18. The Hall–Kier alpha value is -1.87. The molecule has 124 valence electrons. The zero-order valence-electron chi connectivity index (χ0n) is 13.9. The molecule has 0 bridgehead atoms. The molecular formula is C20H26O3. The molecule has 0 saturated heterocycles. The standard InChI is InChI=1S/C20H26O3/c1-3-5-15-6-8-16(9-7-15)17-10-11-18(13-21)19(12-17)14-23-20(22)4-2/h4,8,10-12,15,21H,2-3,5-7,9,13-14H2,1H3. The summed E-state index contributed by atoms with van der Waals surface area (Å²) in [5, 5.41) is 9.46. The molecule has 3 nitrogen and oxygen atoms in total. The fourth-order valence-corrected chi connectivity index (χ4v) is 3.14. The lowest BCUT2D eigenvalue weighted by Crippen LogP contribution is -2.07. The predicted octanol–water partition coefficient (Wildman–Crippen LogP) is 4.39. The number of rotatable bonds is 7. The van der Waals surface area contributed by atoms with Gasteiger partial charge in [0.15, 0.2) is 0 Å². The van der Waals surface area contributed by atoms with Gasteiger partial charge in [-0.1, -0.05) is 44.6 Å². The van der Waals surface area contributed by atoms with Crippen molar-refractivity contribution in [1.29, 1.82) is 0 Å². The molecule has 1 atom stereocenters. The molecular weight excluding hydrogens is 288 g/mol. The second-order valence-corrected chi connectivity index (χ2v) is 6.11. The molecule has 23 heavy (non-hydrogen) atoms. The van der Waals surface area contributed by atoms with Crippen LogP contribution in [0.15, 0.2) is 36.9 Å². The molecule has 1 aromatic rings.